The predicted octanol–water partition coefficient (Wildman–Crippen LogP) is 0.826. The fourth-order valence-electron chi connectivity index (χ4n) is 2.06. The molecule has 1 saturated heterocycles. The minimum Gasteiger partial charge on any atom is -0.493 e. The summed E-state index contributed by atoms with van der Waals surface area (Å²) in [6.07, 6.45) is 0.418. The van der Waals surface area contributed by atoms with Crippen molar-refractivity contribution in [1.29, 1.82) is 0 Å². The summed E-state index contributed by atoms with van der Waals surface area (Å²) in [6, 6.07) is 6.18. The topological polar surface area (TPSA) is 97.0 Å². The van der Waals surface area contributed by atoms with Crippen molar-refractivity contribution in [3.63, 3.8) is 0 Å². The Balaban J connectivity index is 1.95. The van der Waals surface area contributed by atoms with Gasteiger partial charge in [-0.3, -0.25) is 15.0 Å². The fraction of sp³-hybridized carbons (Fsp3) is 0.400. The normalized spacial score (nSPS) is 20.2. The summed E-state index contributed by atoms with van der Waals surface area (Å²) in [4.78, 5) is 35.8. The summed E-state index contributed by atoms with van der Waals surface area (Å²) in [5.41, 5.74) is 1.24. The first kappa shape index (κ1) is 16.6. The van der Waals surface area contributed by atoms with Gasteiger partial charge in [0.05, 0.1) is 7.11 Å². The van der Waals surface area contributed by atoms with Crippen molar-refractivity contribution < 1.29 is 23.9 Å². The average Bonchev–Trinajstić information content (AvgIpc) is 2.77. The Hall–Kier alpha value is -2.77. The first-order valence-corrected chi connectivity index (χ1v) is 7.13. The Bertz CT molecular complexity index is 633. The van der Waals surface area contributed by atoms with Crippen molar-refractivity contribution >= 4 is 17.8 Å². The van der Waals surface area contributed by atoms with Crippen LogP contribution in [0.5, 0.6) is 11.5 Å². The molecule has 1 fully saturated rings. The fourth-order valence-corrected chi connectivity index (χ4v) is 2.06. The molecule has 1 aromatic carbocycles. The van der Waals surface area contributed by atoms with Crippen LogP contribution in [-0.4, -0.2) is 42.1 Å². The minimum atomic E-state index is -1.01. The van der Waals surface area contributed by atoms with Gasteiger partial charge < -0.3 is 14.8 Å². The van der Waals surface area contributed by atoms with Crippen molar-refractivity contribution in [2.45, 2.75) is 25.8 Å². The molecule has 0 radical (unpaired) electrons. The van der Waals surface area contributed by atoms with Crippen LogP contribution in [0.25, 0.3) is 0 Å². The largest absolute Gasteiger partial charge is 0.493 e. The van der Waals surface area contributed by atoms with Gasteiger partial charge in [-0.05, 0) is 25.5 Å². The molecule has 1 aliphatic rings. The number of nitrogens with one attached hydrogen (secondary N) is 2. The minimum absolute atomic E-state index is 0.361. The molecule has 2 N–H and O–H groups in total. The van der Waals surface area contributed by atoms with Gasteiger partial charge in [-0.1, -0.05) is 19.1 Å². The third-order valence-corrected chi connectivity index (χ3v) is 3.63. The van der Waals surface area contributed by atoms with Gasteiger partial charge in [-0.15, -0.1) is 0 Å². The number of carbonyl (C=O) groups is 3. The highest BCUT2D eigenvalue weighted by Gasteiger charge is 2.47. The van der Waals surface area contributed by atoms with E-state index in [1.165, 1.54) is 7.11 Å². The highest BCUT2D eigenvalue weighted by Crippen LogP contribution is 2.25. The van der Waals surface area contributed by atoms with Crippen molar-refractivity contribution in [1.82, 2.24) is 15.8 Å². The summed E-state index contributed by atoms with van der Waals surface area (Å²) >= 11 is 0. The molecule has 0 aromatic heterocycles. The summed E-state index contributed by atoms with van der Waals surface area (Å²) < 4.78 is 10.4. The molecule has 124 valence electrons. The van der Waals surface area contributed by atoms with E-state index in [1.807, 2.05) is 0 Å². The molecule has 1 heterocycles. The maximum atomic E-state index is 12.1. The molecular formula is C15H19N3O5. The van der Waals surface area contributed by atoms with Crippen LogP contribution in [0.3, 0.4) is 0 Å². The zero-order valence-corrected chi connectivity index (χ0v) is 13.2. The van der Waals surface area contributed by atoms with Gasteiger partial charge >= 0.3 is 6.03 Å². The monoisotopic (exact) mass is 321 g/mol. The van der Waals surface area contributed by atoms with Crippen LogP contribution in [0.4, 0.5) is 4.79 Å². The maximum absolute atomic E-state index is 12.1. The van der Waals surface area contributed by atoms with Gasteiger partial charge in [0.25, 0.3) is 11.8 Å². The number of ether oxygens (including phenoxy) is 2. The number of rotatable bonds is 6. The molecule has 1 unspecified atom stereocenters. The summed E-state index contributed by atoms with van der Waals surface area (Å²) in [6.45, 7) is 3.01. The number of nitrogens with zero attached hydrogens (tertiary/aromatic N) is 1. The predicted molar refractivity (Wildman–Crippen MR) is 80.7 cm³/mol. The smallest absolute Gasteiger partial charge is 0.344 e. The van der Waals surface area contributed by atoms with E-state index in [9.17, 15) is 14.4 Å². The highest BCUT2D eigenvalue weighted by molar-refractivity contribution is 6.07. The first-order chi connectivity index (χ1) is 10.9. The Morgan fingerprint density at radius 1 is 1.30 bits per heavy atom. The number of methoxy groups -OCH3 is 1. The lowest BCUT2D eigenvalue weighted by Gasteiger charge is -2.19. The molecule has 0 saturated carbocycles. The zero-order valence-electron chi connectivity index (χ0n) is 13.2. The Labute approximate surface area is 133 Å². The van der Waals surface area contributed by atoms with Gasteiger partial charge in [-0.25, -0.2) is 4.79 Å². The highest BCUT2D eigenvalue weighted by atomic mass is 16.5. The quantitative estimate of drug-likeness (QED) is 0.756. The number of amides is 4. The number of carbonyl (C=O) groups excluding carboxylic acids is 3. The standard InChI is InChI=1S/C15H19N3O5/c1-4-15(2)13(20)18(14(21)16-15)17-12(19)9-23-11-8-6-5-7-10(11)22-3/h5-8H,4,9H2,1-3H3,(H,16,21)(H,17,19). The zero-order chi connectivity index (χ0) is 17.0. The molecule has 0 spiro atoms. The number of hydrogen-bond donors (Lipinski definition) is 2. The lowest BCUT2D eigenvalue weighted by atomic mass is 10.00. The number of hydrazine groups is 1. The van der Waals surface area contributed by atoms with Gasteiger partial charge in [0.15, 0.2) is 18.1 Å². The van der Waals surface area contributed by atoms with Crippen molar-refractivity contribution in [3.05, 3.63) is 24.3 Å². The molecule has 0 aliphatic carbocycles. The van der Waals surface area contributed by atoms with Crippen molar-refractivity contribution in [2.75, 3.05) is 13.7 Å². The van der Waals surface area contributed by atoms with Gasteiger partial charge in [0.1, 0.15) is 5.54 Å². The van der Waals surface area contributed by atoms with E-state index in [0.29, 0.717) is 22.9 Å². The van der Waals surface area contributed by atoms with Crippen LogP contribution in [0.15, 0.2) is 24.3 Å². The Morgan fingerprint density at radius 2 is 1.96 bits per heavy atom. The number of urea groups is 1. The number of para-hydroxylation sites is 2. The van der Waals surface area contributed by atoms with Crippen molar-refractivity contribution in [3.8, 4) is 11.5 Å². The molecule has 2 rings (SSSR count). The van der Waals surface area contributed by atoms with Gasteiger partial charge in [0.2, 0.25) is 0 Å². The van der Waals surface area contributed by atoms with E-state index in [4.69, 9.17) is 9.47 Å². The van der Waals surface area contributed by atoms with Gasteiger partial charge in [-0.2, -0.15) is 5.01 Å². The number of hydrogen-bond acceptors (Lipinski definition) is 5. The summed E-state index contributed by atoms with van der Waals surface area (Å²) in [5.74, 6) is -0.259. The maximum Gasteiger partial charge on any atom is 0.344 e. The van der Waals surface area contributed by atoms with E-state index in [0.717, 1.165) is 0 Å². The third kappa shape index (κ3) is 3.36. The van der Waals surface area contributed by atoms with E-state index in [1.54, 1.807) is 38.1 Å². The molecule has 8 heteroatoms. The molecule has 1 aliphatic heterocycles. The van der Waals surface area contributed by atoms with E-state index in [2.05, 4.69) is 10.7 Å². The van der Waals surface area contributed by atoms with E-state index < -0.39 is 23.4 Å². The molecule has 1 aromatic rings. The summed E-state index contributed by atoms with van der Waals surface area (Å²) in [7, 11) is 1.49. The summed E-state index contributed by atoms with van der Waals surface area (Å²) in [5, 5.41) is 3.22. The first-order valence-electron chi connectivity index (χ1n) is 7.13. The van der Waals surface area contributed by atoms with Crippen LogP contribution >= 0.6 is 0 Å². The van der Waals surface area contributed by atoms with E-state index in [-0.39, 0.29) is 6.61 Å². The van der Waals surface area contributed by atoms with Crippen LogP contribution in [0.2, 0.25) is 0 Å². The molecule has 23 heavy (non-hydrogen) atoms. The molecule has 0 bridgehead atoms. The van der Waals surface area contributed by atoms with Crippen LogP contribution in [-0.2, 0) is 9.59 Å². The molecular weight excluding hydrogens is 302 g/mol. The van der Waals surface area contributed by atoms with Gasteiger partial charge in [0, 0.05) is 0 Å². The molecule has 4 amide bonds. The second kappa shape index (κ2) is 6.55. The van der Waals surface area contributed by atoms with E-state index >= 15 is 0 Å². The average molecular weight is 321 g/mol. The van der Waals surface area contributed by atoms with Crippen LogP contribution < -0.4 is 20.2 Å². The number of benzene rings is 1. The SMILES string of the molecule is CCC1(C)NC(=O)N(NC(=O)COc2ccccc2OC)C1=O. The third-order valence-electron chi connectivity index (χ3n) is 3.63. The number of imide groups is 1. The second-order valence-corrected chi connectivity index (χ2v) is 5.23. The van der Waals surface area contributed by atoms with Crippen LogP contribution in [0.1, 0.15) is 20.3 Å². The lowest BCUT2D eigenvalue weighted by molar-refractivity contribution is -0.139. The lowest BCUT2D eigenvalue weighted by Crippen LogP contribution is -2.49. The van der Waals surface area contributed by atoms with Crippen LogP contribution in [0, 0.1) is 0 Å². The molecule has 8 nitrogen and oxygen atoms in total. The Kier molecular flexibility index (Phi) is 4.73. The van der Waals surface area contributed by atoms with Crippen molar-refractivity contribution in [2.24, 2.45) is 0 Å². The Morgan fingerprint density at radius 3 is 2.52 bits per heavy atom. The second-order valence-electron chi connectivity index (χ2n) is 5.23. The molecule has 1 atom stereocenters.